The van der Waals surface area contributed by atoms with E-state index in [9.17, 15) is 22.8 Å². The summed E-state index contributed by atoms with van der Waals surface area (Å²) in [5.41, 5.74) is 0.747. The molecule has 0 aliphatic heterocycles. The molecule has 1 amide bonds. The number of hydrogen-bond acceptors (Lipinski definition) is 4. The maximum Gasteiger partial charge on any atom is 0.573 e. The molecule has 0 aliphatic carbocycles. The van der Waals surface area contributed by atoms with Gasteiger partial charge in [-0.2, -0.15) is 0 Å². The van der Waals surface area contributed by atoms with Crippen LogP contribution in [0.2, 0.25) is 0 Å². The van der Waals surface area contributed by atoms with Gasteiger partial charge in [-0.15, -0.1) is 13.2 Å². The first kappa shape index (κ1) is 19.9. The average molecular weight is 456 g/mol. The zero-order valence-corrected chi connectivity index (χ0v) is 15.8. The van der Waals surface area contributed by atoms with Gasteiger partial charge in [0, 0.05) is 11.0 Å². The lowest BCUT2D eigenvalue weighted by Crippen LogP contribution is -2.32. The Balaban J connectivity index is 1.62. The van der Waals surface area contributed by atoms with E-state index >= 15 is 0 Å². The Kier molecular flexibility index (Phi) is 5.68. The maximum absolute atomic E-state index is 12.5. The molecule has 1 heterocycles. The SMILES string of the molecule is O=C(Cn1cnc2ccc(Br)cc2c1=O)NCc1ccc(OC(F)(F)F)cc1. The quantitative estimate of drug-likeness (QED) is 0.639. The van der Waals surface area contributed by atoms with Crippen LogP contribution < -0.4 is 15.6 Å². The minimum atomic E-state index is -4.76. The van der Waals surface area contributed by atoms with Crippen molar-refractivity contribution in [1.29, 1.82) is 0 Å². The van der Waals surface area contributed by atoms with Gasteiger partial charge in [-0.1, -0.05) is 28.1 Å². The highest BCUT2D eigenvalue weighted by molar-refractivity contribution is 9.10. The number of ether oxygens (including phenoxy) is 1. The first-order valence-corrected chi connectivity index (χ1v) is 8.77. The Hall–Kier alpha value is -2.88. The van der Waals surface area contributed by atoms with E-state index in [-0.39, 0.29) is 24.4 Å². The van der Waals surface area contributed by atoms with Gasteiger partial charge in [0.2, 0.25) is 5.91 Å². The number of fused-ring (bicyclic) bond motifs is 1. The van der Waals surface area contributed by atoms with Gasteiger partial charge >= 0.3 is 6.36 Å². The molecular weight excluding hydrogens is 443 g/mol. The third-order valence-corrected chi connectivity index (χ3v) is 4.24. The first-order valence-electron chi connectivity index (χ1n) is 7.97. The Morgan fingerprint density at radius 1 is 1.18 bits per heavy atom. The molecule has 0 saturated heterocycles. The summed E-state index contributed by atoms with van der Waals surface area (Å²) in [6.45, 7) is -0.143. The number of hydrogen-bond donors (Lipinski definition) is 1. The van der Waals surface area contributed by atoms with Crippen LogP contribution in [0, 0.1) is 0 Å². The molecule has 28 heavy (non-hydrogen) atoms. The predicted octanol–water partition coefficient (Wildman–Crippen LogP) is 3.37. The first-order chi connectivity index (χ1) is 13.2. The number of carbonyl (C=O) groups excluding carboxylic acids is 1. The van der Waals surface area contributed by atoms with Crippen molar-refractivity contribution in [3.05, 3.63) is 69.2 Å². The molecule has 6 nitrogen and oxygen atoms in total. The highest BCUT2D eigenvalue weighted by atomic mass is 79.9. The minimum Gasteiger partial charge on any atom is -0.406 e. The summed E-state index contributed by atoms with van der Waals surface area (Å²) in [5.74, 6) is -0.781. The van der Waals surface area contributed by atoms with Crippen LogP contribution in [-0.4, -0.2) is 21.8 Å². The molecule has 10 heteroatoms. The lowest BCUT2D eigenvalue weighted by Gasteiger charge is -2.10. The standard InChI is InChI=1S/C18H13BrF3N3O3/c19-12-3-6-15-14(7-12)17(27)25(10-24-15)9-16(26)23-8-11-1-4-13(5-2-11)28-18(20,21)22/h1-7,10H,8-9H2,(H,23,26). The van der Waals surface area contributed by atoms with Crippen molar-refractivity contribution in [2.75, 3.05) is 0 Å². The fraction of sp³-hybridized carbons (Fsp3) is 0.167. The van der Waals surface area contributed by atoms with Crippen LogP contribution in [0.25, 0.3) is 10.9 Å². The molecule has 2 aromatic carbocycles. The van der Waals surface area contributed by atoms with Crippen molar-refractivity contribution in [3.63, 3.8) is 0 Å². The van der Waals surface area contributed by atoms with E-state index in [4.69, 9.17) is 0 Å². The smallest absolute Gasteiger partial charge is 0.406 e. The summed E-state index contributed by atoms with van der Waals surface area (Å²) in [6, 6.07) is 10.2. The lowest BCUT2D eigenvalue weighted by atomic mass is 10.2. The fourth-order valence-corrected chi connectivity index (χ4v) is 2.83. The molecule has 0 bridgehead atoms. The van der Waals surface area contributed by atoms with Crippen molar-refractivity contribution < 1.29 is 22.7 Å². The van der Waals surface area contributed by atoms with Crippen molar-refractivity contribution in [3.8, 4) is 5.75 Å². The van der Waals surface area contributed by atoms with Crippen molar-refractivity contribution >= 4 is 32.7 Å². The van der Waals surface area contributed by atoms with E-state index in [1.165, 1.54) is 23.0 Å². The number of nitrogens with one attached hydrogen (secondary N) is 1. The average Bonchev–Trinajstić information content (AvgIpc) is 2.63. The molecule has 146 valence electrons. The highest BCUT2D eigenvalue weighted by Crippen LogP contribution is 2.22. The second kappa shape index (κ2) is 8.01. The molecule has 0 fully saturated rings. The third kappa shape index (κ3) is 5.10. The number of aromatic nitrogens is 2. The van der Waals surface area contributed by atoms with Crippen molar-refractivity contribution in [2.45, 2.75) is 19.5 Å². The molecule has 0 aliphatic rings. The van der Waals surface area contributed by atoms with Crippen LogP contribution in [0.4, 0.5) is 13.2 Å². The zero-order valence-electron chi connectivity index (χ0n) is 14.2. The van der Waals surface area contributed by atoms with Crippen molar-refractivity contribution in [1.82, 2.24) is 14.9 Å². The highest BCUT2D eigenvalue weighted by Gasteiger charge is 2.30. The monoisotopic (exact) mass is 455 g/mol. The molecular formula is C18H13BrF3N3O3. The summed E-state index contributed by atoms with van der Waals surface area (Å²) in [6.07, 6.45) is -3.46. The molecule has 0 saturated carbocycles. The topological polar surface area (TPSA) is 73.2 Å². The summed E-state index contributed by atoms with van der Waals surface area (Å²) >= 11 is 3.29. The maximum atomic E-state index is 12.5. The van der Waals surface area contributed by atoms with Gasteiger partial charge in [0.1, 0.15) is 12.3 Å². The van der Waals surface area contributed by atoms with Gasteiger partial charge in [-0.3, -0.25) is 14.2 Å². The van der Waals surface area contributed by atoms with Crippen LogP contribution in [0.1, 0.15) is 5.56 Å². The molecule has 0 unspecified atom stereocenters. The van der Waals surface area contributed by atoms with E-state index in [1.807, 2.05) is 0 Å². The molecule has 0 radical (unpaired) electrons. The number of rotatable bonds is 5. The number of alkyl halides is 3. The van der Waals surface area contributed by atoms with Crippen LogP contribution in [0.3, 0.4) is 0 Å². The van der Waals surface area contributed by atoms with E-state index in [1.54, 1.807) is 18.2 Å². The van der Waals surface area contributed by atoms with Crippen LogP contribution >= 0.6 is 15.9 Å². The molecule has 0 spiro atoms. The summed E-state index contributed by atoms with van der Waals surface area (Å²) in [4.78, 5) is 28.7. The second-order valence-electron chi connectivity index (χ2n) is 5.81. The van der Waals surface area contributed by atoms with Crippen molar-refractivity contribution in [2.24, 2.45) is 0 Å². The largest absolute Gasteiger partial charge is 0.573 e. The second-order valence-corrected chi connectivity index (χ2v) is 6.72. The van der Waals surface area contributed by atoms with Crippen LogP contribution in [0.5, 0.6) is 5.75 Å². The summed E-state index contributed by atoms with van der Waals surface area (Å²) < 4.78 is 42.1. The van der Waals surface area contributed by atoms with E-state index in [0.717, 1.165) is 16.6 Å². The lowest BCUT2D eigenvalue weighted by molar-refractivity contribution is -0.274. The van der Waals surface area contributed by atoms with Crippen LogP contribution in [0.15, 0.2) is 58.1 Å². The third-order valence-electron chi connectivity index (χ3n) is 3.75. The van der Waals surface area contributed by atoms with Gasteiger partial charge in [0.05, 0.1) is 17.2 Å². The Morgan fingerprint density at radius 3 is 2.57 bits per heavy atom. The molecule has 1 aromatic heterocycles. The van der Waals surface area contributed by atoms with E-state index in [2.05, 4.69) is 31.0 Å². The van der Waals surface area contributed by atoms with E-state index in [0.29, 0.717) is 16.5 Å². The number of halogens is 4. The molecule has 0 atom stereocenters. The van der Waals surface area contributed by atoms with Gasteiger partial charge in [-0.05, 0) is 35.9 Å². The van der Waals surface area contributed by atoms with Gasteiger partial charge in [0.15, 0.2) is 0 Å². The molecule has 3 rings (SSSR count). The minimum absolute atomic E-state index is 0.0897. The molecule has 3 aromatic rings. The number of nitrogens with zero attached hydrogens (tertiary/aromatic N) is 2. The number of amides is 1. The van der Waals surface area contributed by atoms with E-state index < -0.39 is 12.3 Å². The fourth-order valence-electron chi connectivity index (χ4n) is 2.46. The Bertz CT molecular complexity index is 1070. The Morgan fingerprint density at radius 2 is 1.89 bits per heavy atom. The normalized spacial score (nSPS) is 11.4. The number of benzene rings is 2. The summed E-state index contributed by atoms with van der Waals surface area (Å²) in [5, 5.41) is 2.98. The molecule has 1 N–H and O–H groups in total. The van der Waals surface area contributed by atoms with Crippen LogP contribution in [-0.2, 0) is 17.9 Å². The van der Waals surface area contributed by atoms with Gasteiger partial charge in [-0.25, -0.2) is 4.98 Å². The predicted molar refractivity (Wildman–Crippen MR) is 98.7 cm³/mol. The Labute approximate surface area is 165 Å². The number of carbonyl (C=O) groups is 1. The zero-order chi connectivity index (χ0) is 20.3. The van der Waals surface area contributed by atoms with Gasteiger partial charge in [0.25, 0.3) is 5.56 Å². The van der Waals surface area contributed by atoms with Gasteiger partial charge < -0.3 is 10.1 Å². The summed E-state index contributed by atoms with van der Waals surface area (Å²) in [7, 11) is 0.